The van der Waals surface area contributed by atoms with E-state index < -0.39 is 0 Å². The third-order valence-corrected chi connectivity index (χ3v) is 3.95. The number of halogens is 2. The number of aromatic nitrogens is 1. The van der Waals surface area contributed by atoms with Gasteiger partial charge in [-0.1, -0.05) is 48.0 Å². The third kappa shape index (κ3) is 4.05. The molecular weight excluding hydrogens is 309 g/mol. The predicted octanol–water partition coefficient (Wildman–Crippen LogP) is 5.66. The Bertz CT molecular complexity index is 811. The van der Waals surface area contributed by atoms with Crippen LogP contribution in [0.15, 0.2) is 73.1 Å². The van der Waals surface area contributed by atoms with Crippen molar-refractivity contribution in [2.75, 3.05) is 0 Å². The average molecular weight is 324 g/mol. The quantitative estimate of drug-likeness (QED) is 0.604. The molecular formula is C20H15ClFN. The minimum absolute atomic E-state index is 0.243. The molecule has 3 aromatic rings. The number of hydrogen-bond acceptors (Lipinski definition) is 1. The van der Waals surface area contributed by atoms with E-state index in [1.807, 2.05) is 36.4 Å². The van der Waals surface area contributed by atoms with Gasteiger partial charge < -0.3 is 0 Å². The molecule has 0 spiro atoms. The summed E-state index contributed by atoms with van der Waals surface area (Å²) >= 11 is 6.28. The second-order valence-electron chi connectivity index (χ2n) is 5.23. The van der Waals surface area contributed by atoms with Gasteiger partial charge in [0, 0.05) is 17.4 Å². The van der Waals surface area contributed by atoms with Gasteiger partial charge in [-0.25, -0.2) is 4.39 Å². The van der Waals surface area contributed by atoms with Gasteiger partial charge in [0.05, 0.1) is 0 Å². The van der Waals surface area contributed by atoms with Crippen LogP contribution < -0.4 is 0 Å². The molecule has 0 saturated heterocycles. The summed E-state index contributed by atoms with van der Waals surface area (Å²) in [6.45, 7) is 0. The van der Waals surface area contributed by atoms with Gasteiger partial charge in [0.25, 0.3) is 0 Å². The van der Waals surface area contributed by atoms with Gasteiger partial charge in [-0.05, 0) is 59.0 Å². The highest BCUT2D eigenvalue weighted by Crippen LogP contribution is 2.26. The maximum Gasteiger partial charge on any atom is 0.123 e. The van der Waals surface area contributed by atoms with Gasteiger partial charge in [-0.15, -0.1) is 0 Å². The molecule has 23 heavy (non-hydrogen) atoms. The van der Waals surface area contributed by atoms with Crippen molar-refractivity contribution >= 4 is 23.3 Å². The van der Waals surface area contributed by atoms with Crippen LogP contribution in [-0.4, -0.2) is 4.98 Å². The lowest BCUT2D eigenvalue weighted by molar-refractivity contribution is 0.627. The molecule has 1 aromatic heterocycles. The number of benzene rings is 2. The first kappa shape index (κ1) is 15.4. The summed E-state index contributed by atoms with van der Waals surface area (Å²) in [7, 11) is 0. The highest BCUT2D eigenvalue weighted by atomic mass is 35.5. The molecule has 0 aliphatic carbocycles. The number of hydrogen-bond donors (Lipinski definition) is 0. The van der Waals surface area contributed by atoms with Crippen molar-refractivity contribution in [3.63, 3.8) is 0 Å². The van der Waals surface area contributed by atoms with Gasteiger partial charge in [-0.3, -0.25) is 4.98 Å². The predicted molar refractivity (Wildman–Crippen MR) is 93.7 cm³/mol. The largest absolute Gasteiger partial charge is 0.264 e. The molecule has 0 amide bonds. The van der Waals surface area contributed by atoms with Crippen molar-refractivity contribution in [2.24, 2.45) is 0 Å². The molecule has 1 nitrogen and oxygen atoms in total. The van der Waals surface area contributed by atoms with E-state index >= 15 is 0 Å². The fraction of sp³-hybridized carbons (Fsp3) is 0.0500. The molecule has 3 rings (SSSR count). The maximum atomic E-state index is 13.2. The molecule has 0 unspecified atom stereocenters. The summed E-state index contributed by atoms with van der Waals surface area (Å²) in [5, 5.41) is 0.728. The lowest BCUT2D eigenvalue weighted by Crippen LogP contribution is -1.93. The van der Waals surface area contributed by atoms with Crippen molar-refractivity contribution in [1.82, 2.24) is 4.98 Å². The maximum absolute atomic E-state index is 13.2. The Balaban J connectivity index is 2.01. The zero-order valence-electron chi connectivity index (χ0n) is 12.4. The zero-order chi connectivity index (χ0) is 16.1. The monoisotopic (exact) mass is 323 g/mol. The highest BCUT2D eigenvalue weighted by molar-refractivity contribution is 6.31. The lowest BCUT2D eigenvalue weighted by atomic mass is 9.96. The Kier molecular flexibility index (Phi) is 4.84. The molecule has 0 saturated carbocycles. The highest BCUT2D eigenvalue weighted by Gasteiger charge is 2.07. The first-order chi connectivity index (χ1) is 11.2. The summed E-state index contributed by atoms with van der Waals surface area (Å²) < 4.78 is 13.2. The van der Waals surface area contributed by atoms with Crippen LogP contribution in [0.25, 0.3) is 11.6 Å². The Morgan fingerprint density at radius 2 is 1.78 bits per heavy atom. The number of pyridine rings is 1. The Hall–Kier alpha value is -2.45. The molecule has 0 fully saturated rings. The average Bonchev–Trinajstić information content (AvgIpc) is 2.58. The van der Waals surface area contributed by atoms with E-state index in [-0.39, 0.29) is 5.82 Å². The van der Waals surface area contributed by atoms with Crippen LogP contribution >= 0.6 is 11.6 Å². The third-order valence-electron chi connectivity index (χ3n) is 3.58. The summed E-state index contributed by atoms with van der Waals surface area (Å²) in [6.07, 6.45) is 6.27. The molecule has 0 aliphatic rings. The fourth-order valence-corrected chi connectivity index (χ4v) is 2.61. The van der Waals surface area contributed by atoms with Crippen LogP contribution in [0.2, 0.25) is 5.02 Å². The standard InChI is InChI=1S/C20H15ClFN/c21-20-6-2-1-5-17(20)13-18(12-15-4-3-11-23-14-15)16-7-9-19(22)10-8-16/h1-12,14H,13H2/b18-12+. The molecule has 1 heterocycles. The van der Waals surface area contributed by atoms with Crippen molar-refractivity contribution in [2.45, 2.75) is 6.42 Å². The smallest absolute Gasteiger partial charge is 0.123 e. The second kappa shape index (κ2) is 7.21. The fourth-order valence-electron chi connectivity index (χ4n) is 2.41. The SMILES string of the molecule is Fc1ccc(/C(=C/c2cccnc2)Cc2ccccc2Cl)cc1. The summed E-state index contributed by atoms with van der Waals surface area (Å²) in [5.41, 5.74) is 4.06. The van der Waals surface area contributed by atoms with Gasteiger partial charge in [-0.2, -0.15) is 0 Å². The van der Waals surface area contributed by atoms with Crippen LogP contribution in [0.1, 0.15) is 16.7 Å². The molecule has 0 bridgehead atoms. The van der Waals surface area contributed by atoms with Crippen LogP contribution in [-0.2, 0) is 6.42 Å². The molecule has 114 valence electrons. The Morgan fingerprint density at radius 1 is 1.00 bits per heavy atom. The Labute approximate surface area is 140 Å². The first-order valence-electron chi connectivity index (χ1n) is 7.32. The normalized spacial score (nSPS) is 11.5. The van der Waals surface area contributed by atoms with Crippen LogP contribution in [0.4, 0.5) is 4.39 Å². The van der Waals surface area contributed by atoms with E-state index in [4.69, 9.17) is 11.6 Å². The Morgan fingerprint density at radius 3 is 2.48 bits per heavy atom. The zero-order valence-corrected chi connectivity index (χ0v) is 13.2. The topological polar surface area (TPSA) is 12.9 Å². The molecule has 0 N–H and O–H groups in total. The summed E-state index contributed by atoms with van der Waals surface area (Å²) in [4.78, 5) is 4.14. The summed E-state index contributed by atoms with van der Waals surface area (Å²) in [6, 6.07) is 18.2. The van der Waals surface area contributed by atoms with Crippen LogP contribution in [0, 0.1) is 5.82 Å². The van der Waals surface area contributed by atoms with Gasteiger partial charge >= 0.3 is 0 Å². The van der Waals surface area contributed by atoms with Crippen molar-refractivity contribution in [1.29, 1.82) is 0 Å². The van der Waals surface area contributed by atoms with Crippen LogP contribution in [0.5, 0.6) is 0 Å². The van der Waals surface area contributed by atoms with E-state index in [1.165, 1.54) is 12.1 Å². The van der Waals surface area contributed by atoms with Crippen molar-refractivity contribution < 1.29 is 4.39 Å². The van der Waals surface area contributed by atoms with E-state index in [9.17, 15) is 4.39 Å². The van der Waals surface area contributed by atoms with Crippen molar-refractivity contribution in [3.8, 4) is 0 Å². The minimum atomic E-state index is -0.243. The first-order valence-corrected chi connectivity index (χ1v) is 7.70. The number of nitrogens with zero attached hydrogens (tertiary/aromatic N) is 1. The van der Waals surface area contributed by atoms with E-state index in [2.05, 4.69) is 11.1 Å². The molecule has 0 atom stereocenters. The van der Waals surface area contributed by atoms with Gasteiger partial charge in [0.2, 0.25) is 0 Å². The van der Waals surface area contributed by atoms with Gasteiger partial charge in [0.15, 0.2) is 0 Å². The minimum Gasteiger partial charge on any atom is -0.264 e. The summed E-state index contributed by atoms with van der Waals surface area (Å²) in [5.74, 6) is -0.243. The molecule has 0 radical (unpaired) electrons. The second-order valence-corrected chi connectivity index (χ2v) is 5.64. The van der Waals surface area contributed by atoms with E-state index in [1.54, 1.807) is 24.5 Å². The molecule has 2 aromatic carbocycles. The molecule has 3 heteroatoms. The van der Waals surface area contributed by atoms with Gasteiger partial charge in [0.1, 0.15) is 5.82 Å². The van der Waals surface area contributed by atoms with E-state index in [0.717, 1.165) is 27.3 Å². The number of allylic oxidation sites excluding steroid dienone is 1. The lowest BCUT2D eigenvalue weighted by Gasteiger charge is -2.10. The van der Waals surface area contributed by atoms with Crippen LogP contribution in [0.3, 0.4) is 0 Å². The van der Waals surface area contributed by atoms with Crippen molar-refractivity contribution in [3.05, 3.63) is 101 Å². The molecule has 0 aliphatic heterocycles. The van der Waals surface area contributed by atoms with E-state index in [0.29, 0.717) is 6.42 Å². The number of rotatable bonds is 4.